The van der Waals surface area contributed by atoms with Crippen molar-refractivity contribution in [3.05, 3.63) is 22.3 Å². The van der Waals surface area contributed by atoms with Crippen LogP contribution in [0.4, 0.5) is 0 Å². The van der Waals surface area contributed by atoms with Crippen LogP contribution in [-0.2, 0) is 19.1 Å². The maximum Gasteiger partial charge on any atom is 0.334 e. The van der Waals surface area contributed by atoms with E-state index in [-0.39, 0.29) is 11.9 Å². The summed E-state index contributed by atoms with van der Waals surface area (Å²) in [6.07, 6.45) is 14.8. The van der Waals surface area contributed by atoms with Gasteiger partial charge >= 0.3 is 11.9 Å². The highest BCUT2D eigenvalue weighted by Gasteiger charge is 2.27. The molecule has 172 valence electrons. The van der Waals surface area contributed by atoms with Crippen molar-refractivity contribution < 1.29 is 19.1 Å². The number of rotatable bonds is 16. The van der Waals surface area contributed by atoms with E-state index in [0.29, 0.717) is 37.2 Å². The predicted molar refractivity (Wildman–Crippen MR) is 123 cm³/mol. The van der Waals surface area contributed by atoms with Gasteiger partial charge in [0.15, 0.2) is 0 Å². The Kier molecular flexibility index (Phi) is 14.2. The Labute approximate surface area is 184 Å². The molecule has 0 amide bonds. The molecule has 0 N–H and O–H groups in total. The lowest BCUT2D eigenvalue weighted by atomic mass is 9.87. The molecule has 0 radical (unpaired) electrons. The van der Waals surface area contributed by atoms with Gasteiger partial charge in [0, 0.05) is 12.8 Å². The molecule has 4 heteroatoms. The molecule has 4 nitrogen and oxygen atoms in total. The van der Waals surface area contributed by atoms with E-state index in [2.05, 4.69) is 13.8 Å². The molecule has 1 aliphatic carbocycles. The van der Waals surface area contributed by atoms with E-state index in [0.717, 1.165) is 36.8 Å². The lowest BCUT2D eigenvalue weighted by molar-refractivity contribution is -0.142. The Hall–Kier alpha value is -1.58. The monoisotopic (exact) mass is 420 g/mol. The third-order valence-electron chi connectivity index (χ3n) is 5.93. The van der Waals surface area contributed by atoms with Crippen LogP contribution in [0.5, 0.6) is 0 Å². The summed E-state index contributed by atoms with van der Waals surface area (Å²) >= 11 is 0. The van der Waals surface area contributed by atoms with Gasteiger partial charge in [-0.2, -0.15) is 0 Å². The molecule has 0 fully saturated rings. The minimum absolute atomic E-state index is 0.345. The average molecular weight is 421 g/mol. The molecule has 1 aliphatic rings. The van der Waals surface area contributed by atoms with E-state index in [1.54, 1.807) is 0 Å². The summed E-state index contributed by atoms with van der Waals surface area (Å²) in [4.78, 5) is 25.3. The molecule has 30 heavy (non-hydrogen) atoms. The first kappa shape index (κ1) is 26.5. The van der Waals surface area contributed by atoms with Gasteiger partial charge in [0.1, 0.15) is 0 Å². The Balaban J connectivity index is 2.50. The summed E-state index contributed by atoms with van der Waals surface area (Å²) in [5.41, 5.74) is 3.29. The summed E-state index contributed by atoms with van der Waals surface area (Å²) in [7, 11) is 0. The van der Waals surface area contributed by atoms with Crippen LogP contribution < -0.4 is 0 Å². The zero-order valence-corrected chi connectivity index (χ0v) is 19.9. The zero-order valence-electron chi connectivity index (χ0n) is 19.9. The van der Waals surface area contributed by atoms with Gasteiger partial charge in [-0.3, -0.25) is 0 Å². The van der Waals surface area contributed by atoms with Crippen molar-refractivity contribution in [2.45, 2.75) is 118 Å². The lowest BCUT2D eigenvalue weighted by Crippen LogP contribution is -2.21. The molecule has 0 aromatic carbocycles. The molecular weight excluding hydrogens is 376 g/mol. The van der Waals surface area contributed by atoms with E-state index in [1.807, 2.05) is 13.8 Å². The van der Waals surface area contributed by atoms with Crippen molar-refractivity contribution in [2.24, 2.45) is 0 Å². The highest BCUT2D eigenvalue weighted by Crippen LogP contribution is 2.31. The van der Waals surface area contributed by atoms with E-state index in [4.69, 9.17) is 9.47 Å². The van der Waals surface area contributed by atoms with Gasteiger partial charge in [0.25, 0.3) is 0 Å². The maximum absolute atomic E-state index is 12.7. The summed E-state index contributed by atoms with van der Waals surface area (Å²) in [6.45, 7) is 9.30. The number of allylic oxidation sites excluding steroid dienone is 2. The van der Waals surface area contributed by atoms with Crippen LogP contribution in [0, 0.1) is 0 Å². The number of carbonyl (C=O) groups is 2. The van der Waals surface area contributed by atoms with Crippen LogP contribution in [0.2, 0.25) is 0 Å². The van der Waals surface area contributed by atoms with Crippen LogP contribution in [0.15, 0.2) is 22.3 Å². The zero-order chi connectivity index (χ0) is 22.2. The van der Waals surface area contributed by atoms with Gasteiger partial charge in [0.05, 0.1) is 24.4 Å². The molecular formula is C26H44O4. The first-order chi connectivity index (χ1) is 14.5. The number of carbonyl (C=O) groups excluding carboxylic acids is 2. The molecule has 0 saturated carbocycles. The van der Waals surface area contributed by atoms with Crippen molar-refractivity contribution in [1.29, 1.82) is 0 Å². The molecule has 0 aromatic rings. The van der Waals surface area contributed by atoms with Crippen molar-refractivity contribution in [3.8, 4) is 0 Å². The van der Waals surface area contributed by atoms with Crippen molar-refractivity contribution >= 4 is 11.9 Å². The van der Waals surface area contributed by atoms with Crippen molar-refractivity contribution in [1.82, 2.24) is 0 Å². The molecule has 0 saturated heterocycles. The van der Waals surface area contributed by atoms with Gasteiger partial charge < -0.3 is 9.47 Å². The van der Waals surface area contributed by atoms with E-state index in [9.17, 15) is 9.59 Å². The van der Waals surface area contributed by atoms with Gasteiger partial charge in [0.2, 0.25) is 0 Å². The van der Waals surface area contributed by atoms with Gasteiger partial charge in [-0.15, -0.1) is 0 Å². The first-order valence-corrected chi connectivity index (χ1v) is 12.2. The summed E-state index contributed by atoms with van der Waals surface area (Å²) < 4.78 is 11.0. The van der Waals surface area contributed by atoms with E-state index in [1.165, 1.54) is 51.4 Å². The van der Waals surface area contributed by atoms with E-state index < -0.39 is 0 Å². The van der Waals surface area contributed by atoms with Crippen LogP contribution in [0.3, 0.4) is 0 Å². The quantitative estimate of drug-likeness (QED) is 0.150. The Morgan fingerprint density at radius 1 is 0.600 bits per heavy atom. The van der Waals surface area contributed by atoms with E-state index >= 15 is 0 Å². The second-order valence-electron chi connectivity index (χ2n) is 8.68. The Bertz CT molecular complexity index is 536. The van der Waals surface area contributed by atoms with Crippen LogP contribution in [0.25, 0.3) is 0 Å². The highest BCUT2D eigenvalue weighted by atomic mass is 16.5. The molecule has 0 aliphatic heterocycles. The van der Waals surface area contributed by atoms with Crippen LogP contribution in [-0.4, -0.2) is 25.2 Å². The Morgan fingerprint density at radius 3 is 1.30 bits per heavy atom. The van der Waals surface area contributed by atoms with Crippen molar-refractivity contribution in [2.75, 3.05) is 13.2 Å². The second kappa shape index (κ2) is 16.2. The van der Waals surface area contributed by atoms with Gasteiger partial charge in [-0.25, -0.2) is 9.59 Å². The molecule has 0 heterocycles. The summed E-state index contributed by atoms with van der Waals surface area (Å²) in [5, 5.41) is 0. The molecule has 1 rings (SSSR count). The fourth-order valence-electron chi connectivity index (χ4n) is 3.70. The van der Waals surface area contributed by atoms with Gasteiger partial charge in [-0.1, -0.05) is 89.2 Å². The largest absolute Gasteiger partial charge is 0.462 e. The lowest BCUT2D eigenvalue weighted by Gasteiger charge is -2.21. The number of esters is 2. The van der Waals surface area contributed by atoms with Crippen LogP contribution >= 0.6 is 0 Å². The normalized spacial score (nSPS) is 14.3. The minimum Gasteiger partial charge on any atom is -0.462 e. The average Bonchev–Trinajstić information content (AvgIpc) is 2.73. The molecule has 0 atom stereocenters. The van der Waals surface area contributed by atoms with Gasteiger partial charge in [-0.05, 0) is 26.7 Å². The molecule has 0 unspecified atom stereocenters. The summed E-state index contributed by atoms with van der Waals surface area (Å²) in [6, 6.07) is 0. The first-order valence-electron chi connectivity index (χ1n) is 12.2. The number of ether oxygens (including phenoxy) is 2. The van der Waals surface area contributed by atoms with Crippen LogP contribution in [0.1, 0.15) is 118 Å². The standard InChI is InChI=1S/C26H44O4/c1-5-7-9-11-13-15-17-29-25(27)23-19-21(3)22(4)20-24(23)26(28)30-18-16-14-12-10-8-6-2/h5-20H2,1-4H3. The smallest absolute Gasteiger partial charge is 0.334 e. The third-order valence-corrected chi connectivity index (χ3v) is 5.93. The molecule has 0 spiro atoms. The summed E-state index contributed by atoms with van der Waals surface area (Å²) in [5.74, 6) is -0.691. The second-order valence-corrected chi connectivity index (χ2v) is 8.68. The molecule has 0 aromatic heterocycles. The SMILES string of the molecule is CCCCCCCCOC(=O)C1=C(C(=O)OCCCCCCCC)CC(C)=C(C)C1. The molecule has 0 bridgehead atoms. The number of hydrogen-bond acceptors (Lipinski definition) is 4. The fraction of sp³-hybridized carbons (Fsp3) is 0.769. The Morgan fingerprint density at radius 2 is 0.933 bits per heavy atom. The maximum atomic E-state index is 12.7. The fourth-order valence-corrected chi connectivity index (χ4v) is 3.70. The number of hydrogen-bond donors (Lipinski definition) is 0. The third kappa shape index (κ3) is 10.4. The topological polar surface area (TPSA) is 52.6 Å². The number of unbranched alkanes of at least 4 members (excludes halogenated alkanes) is 10. The predicted octanol–water partition coefficient (Wildman–Crippen LogP) is 7.22. The minimum atomic E-state index is -0.345. The van der Waals surface area contributed by atoms with Crippen molar-refractivity contribution in [3.63, 3.8) is 0 Å². The highest BCUT2D eigenvalue weighted by molar-refractivity contribution is 6.01.